The van der Waals surface area contributed by atoms with Gasteiger partial charge in [0.25, 0.3) is 0 Å². The van der Waals surface area contributed by atoms with Gasteiger partial charge in [0, 0.05) is 17.0 Å². The molecule has 1 heteroatoms. The minimum absolute atomic E-state index is 0.285. The van der Waals surface area contributed by atoms with Crippen molar-refractivity contribution in [3.05, 3.63) is 70.5 Å². The lowest BCUT2D eigenvalue weighted by Gasteiger charge is -2.21. The molecule has 0 spiro atoms. The van der Waals surface area contributed by atoms with Crippen LogP contribution < -0.4 is 0 Å². The zero-order chi connectivity index (χ0) is 17.6. The fourth-order valence-corrected chi connectivity index (χ4v) is 3.06. The van der Waals surface area contributed by atoms with E-state index in [0.717, 1.165) is 24.3 Å². The zero-order valence-corrected chi connectivity index (χ0v) is 14.9. The quantitative estimate of drug-likeness (QED) is 0.543. The first-order valence-corrected chi connectivity index (χ1v) is 9.00. The summed E-state index contributed by atoms with van der Waals surface area (Å²) in [5.41, 5.74) is 3.28. The van der Waals surface area contributed by atoms with Crippen LogP contribution in [0.1, 0.15) is 54.9 Å². The second kappa shape index (κ2) is 8.04. The highest BCUT2D eigenvalue weighted by atomic mass is 19.1. The largest absolute Gasteiger partial charge is 0.206 e. The van der Waals surface area contributed by atoms with Gasteiger partial charge in [-0.15, -0.1) is 0 Å². The van der Waals surface area contributed by atoms with E-state index in [1.54, 1.807) is 6.07 Å². The van der Waals surface area contributed by atoms with Crippen LogP contribution in [0, 0.1) is 48.3 Å². The Morgan fingerprint density at radius 1 is 0.840 bits per heavy atom. The van der Waals surface area contributed by atoms with Gasteiger partial charge in [-0.1, -0.05) is 48.3 Å². The lowest BCUT2D eigenvalue weighted by molar-refractivity contribution is 0.337. The van der Waals surface area contributed by atoms with Crippen LogP contribution in [0.2, 0.25) is 0 Å². The van der Waals surface area contributed by atoms with Gasteiger partial charge in [0.1, 0.15) is 5.82 Å². The van der Waals surface area contributed by atoms with Gasteiger partial charge < -0.3 is 0 Å². The summed E-state index contributed by atoms with van der Waals surface area (Å²) in [5.74, 6) is 13.3. The first-order chi connectivity index (χ1) is 12.1. The molecule has 126 valence electrons. The molecule has 25 heavy (non-hydrogen) atoms. The third-order valence-electron chi connectivity index (χ3n) is 4.80. The van der Waals surface area contributed by atoms with Crippen molar-refractivity contribution in [2.24, 2.45) is 11.8 Å². The van der Waals surface area contributed by atoms with Crippen molar-refractivity contribution in [1.29, 1.82) is 0 Å². The van der Waals surface area contributed by atoms with Gasteiger partial charge in [0.05, 0.1) is 5.56 Å². The summed E-state index contributed by atoms with van der Waals surface area (Å²) in [6.45, 7) is 4.33. The molecule has 0 amide bonds. The Bertz CT molecular complexity index is 845. The van der Waals surface area contributed by atoms with Crippen LogP contribution in [0.15, 0.2) is 42.5 Å². The van der Waals surface area contributed by atoms with Gasteiger partial charge in [-0.2, -0.15) is 0 Å². The van der Waals surface area contributed by atoms with Crippen LogP contribution in [0.4, 0.5) is 4.39 Å². The molecule has 0 saturated heterocycles. The van der Waals surface area contributed by atoms with Crippen LogP contribution in [0.3, 0.4) is 0 Å². The number of hydrogen-bond donors (Lipinski definition) is 0. The van der Waals surface area contributed by atoms with Crippen molar-refractivity contribution < 1.29 is 4.39 Å². The highest BCUT2D eigenvalue weighted by Gasteiger charge is 2.16. The van der Waals surface area contributed by atoms with Crippen molar-refractivity contribution in [3.8, 4) is 23.7 Å². The molecule has 0 aromatic heterocycles. The maximum Gasteiger partial charge on any atom is 0.140 e. The van der Waals surface area contributed by atoms with Crippen LogP contribution in [0.5, 0.6) is 0 Å². The molecule has 2 aromatic carbocycles. The molecule has 0 aliphatic heterocycles. The number of rotatable bonds is 0. The van der Waals surface area contributed by atoms with E-state index in [1.807, 2.05) is 37.3 Å². The van der Waals surface area contributed by atoms with E-state index >= 15 is 0 Å². The number of hydrogen-bond acceptors (Lipinski definition) is 0. The van der Waals surface area contributed by atoms with Crippen LogP contribution in [0.25, 0.3) is 0 Å². The van der Waals surface area contributed by atoms with E-state index < -0.39 is 0 Å². The Kier molecular flexibility index (Phi) is 5.57. The smallest absolute Gasteiger partial charge is 0.140 e. The third kappa shape index (κ3) is 4.98. The van der Waals surface area contributed by atoms with Crippen LogP contribution >= 0.6 is 0 Å². The van der Waals surface area contributed by atoms with Crippen molar-refractivity contribution in [3.63, 3.8) is 0 Å². The molecule has 0 heterocycles. The molecule has 0 nitrogen and oxygen atoms in total. The molecule has 2 aromatic rings. The number of aryl methyl sites for hydroxylation is 1. The topological polar surface area (TPSA) is 0 Å². The zero-order valence-electron chi connectivity index (χ0n) is 14.9. The highest BCUT2D eigenvalue weighted by Crippen LogP contribution is 2.27. The minimum Gasteiger partial charge on any atom is -0.206 e. The monoisotopic (exact) mass is 330 g/mol. The van der Waals surface area contributed by atoms with Gasteiger partial charge in [-0.05, 0) is 68.9 Å². The highest BCUT2D eigenvalue weighted by molar-refractivity contribution is 5.46. The number of benzene rings is 2. The number of halogens is 1. The average Bonchev–Trinajstić information content (AvgIpc) is 2.62. The average molecular weight is 330 g/mol. The second-order valence-electron chi connectivity index (χ2n) is 7.04. The maximum atomic E-state index is 14.3. The van der Waals surface area contributed by atoms with E-state index in [-0.39, 0.29) is 5.82 Å². The third-order valence-corrected chi connectivity index (χ3v) is 4.80. The van der Waals surface area contributed by atoms with E-state index in [4.69, 9.17) is 0 Å². The Balaban J connectivity index is 1.70. The molecular weight excluding hydrogens is 307 g/mol. The summed E-state index contributed by atoms with van der Waals surface area (Å²) in [6, 6.07) is 13.1. The summed E-state index contributed by atoms with van der Waals surface area (Å²) in [6.07, 6.45) is 4.73. The van der Waals surface area contributed by atoms with Crippen molar-refractivity contribution in [2.45, 2.75) is 39.5 Å². The molecule has 0 radical (unpaired) electrons. The van der Waals surface area contributed by atoms with E-state index in [0.29, 0.717) is 17.0 Å². The van der Waals surface area contributed by atoms with Gasteiger partial charge in [0.2, 0.25) is 0 Å². The fourth-order valence-electron chi connectivity index (χ4n) is 3.06. The summed E-state index contributed by atoms with van der Waals surface area (Å²) in [4.78, 5) is 0. The predicted octanol–water partition coefficient (Wildman–Crippen LogP) is 5.71. The SMILES string of the molecule is Cc1ccc(C#Cc2ccc(C#CC3CCC(C)CC3)c(F)c2)cc1. The molecule has 1 fully saturated rings. The van der Waals surface area contributed by atoms with Gasteiger partial charge >= 0.3 is 0 Å². The molecular formula is C24H23F. The predicted molar refractivity (Wildman–Crippen MR) is 102 cm³/mol. The summed E-state index contributed by atoms with van der Waals surface area (Å²) in [7, 11) is 0. The molecule has 1 aliphatic rings. The van der Waals surface area contributed by atoms with Crippen LogP contribution in [-0.4, -0.2) is 0 Å². The normalized spacial score (nSPS) is 19.3. The molecule has 1 aliphatic carbocycles. The Morgan fingerprint density at radius 3 is 2.16 bits per heavy atom. The van der Waals surface area contributed by atoms with Gasteiger partial charge in [-0.3, -0.25) is 0 Å². The summed E-state index contributed by atoms with van der Waals surface area (Å²) in [5, 5.41) is 0. The maximum absolute atomic E-state index is 14.3. The molecule has 0 unspecified atom stereocenters. The van der Waals surface area contributed by atoms with Gasteiger partial charge in [0.15, 0.2) is 0 Å². The molecule has 1 saturated carbocycles. The van der Waals surface area contributed by atoms with Gasteiger partial charge in [-0.25, -0.2) is 4.39 Å². The van der Waals surface area contributed by atoms with E-state index in [2.05, 4.69) is 30.6 Å². The first-order valence-electron chi connectivity index (χ1n) is 9.00. The molecule has 3 rings (SSSR count). The molecule has 0 N–H and O–H groups in total. The fraction of sp³-hybridized carbons (Fsp3) is 0.333. The second-order valence-corrected chi connectivity index (χ2v) is 7.04. The Labute approximate surface area is 150 Å². The van der Waals surface area contributed by atoms with E-state index in [1.165, 1.54) is 24.5 Å². The lowest BCUT2D eigenvalue weighted by Crippen LogP contribution is -2.10. The standard InChI is InChI=1S/C24H23F/c1-18-3-7-20(8-4-18)11-12-22-14-16-23(24(25)17-22)15-13-21-9-5-19(2)6-10-21/h3-4,7-8,14,16-17,19,21H,5-6,9-10H2,1-2H3. The molecule has 0 atom stereocenters. The minimum atomic E-state index is -0.285. The Hall–Kier alpha value is -2.51. The van der Waals surface area contributed by atoms with Crippen LogP contribution in [-0.2, 0) is 0 Å². The van der Waals surface area contributed by atoms with Crippen molar-refractivity contribution >= 4 is 0 Å². The Morgan fingerprint density at radius 2 is 1.48 bits per heavy atom. The summed E-state index contributed by atoms with van der Waals surface area (Å²) >= 11 is 0. The first kappa shape index (κ1) is 17.3. The van der Waals surface area contributed by atoms with E-state index in [9.17, 15) is 4.39 Å². The molecule has 0 bridgehead atoms. The van der Waals surface area contributed by atoms with Crippen molar-refractivity contribution in [1.82, 2.24) is 0 Å². The lowest BCUT2D eigenvalue weighted by atomic mass is 9.83. The van der Waals surface area contributed by atoms with Crippen molar-refractivity contribution in [2.75, 3.05) is 0 Å². The summed E-state index contributed by atoms with van der Waals surface area (Å²) < 4.78 is 14.3.